The van der Waals surface area contributed by atoms with E-state index in [4.69, 9.17) is 0 Å². The van der Waals surface area contributed by atoms with E-state index in [-0.39, 0.29) is 31.0 Å². The molecule has 0 radical (unpaired) electrons. The Morgan fingerprint density at radius 1 is 1.19 bits per heavy atom. The molecule has 0 aliphatic rings. The fourth-order valence-corrected chi connectivity index (χ4v) is 3.12. The Balaban J connectivity index is 2.43. The molecule has 116 valence electrons. The molecule has 0 amide bonds. The number of ether oxygens (including phenoxy) is 1. The highest BCUT2D eigenvalue weighted by atomic mass is 79.9. The van der Waals surface area contributed by atoms with E-state index in [1.54, 1.807) is 31.2 Å². The first-order valence-electron chi connectivity index (χ1n) is 6.49. The lowest BCUT2D eigenvalue weighted by atomic mass is 10.1. The Morgan fingerprint density at radius 2 is 1.81 bits per heavy atom. The van der Waals surface area contributed by atoms with Crippen molar-refractivity contribution < 1.29 is 22.7 Å². The minimum absolute atomic E-state index is 0.117. The van der Waals surface area contributed by atoms with Crippen molar-refractivity contribution >= 4 is 37.5 Å². The van der Waals surface area contributed by atoms with Gasteiger partial charge in [-0.2, -0.15) is 0 Å². The van der Waals surface area contributed by atoms with E-state index in [0.717, 1.165) is 4.47 Å². The molecule has 21 heavy (non-hydrogen) atoms. The Bertz CT molecular complexity index is 592. The van der Waals surface area contributed by atoms with Crippen LogP contribution in [0.25, 0.3) is 0 Å². The molecule has 7 heteroatoms. The molecule has 0 unspecified atom stereocenters. The summed E-state index contributed by atoms with van der Waals surface area (Å²) in [6.45, 7) is 1.76. The van der Waals surface area contributed by atoms with Crippen molar-refractivity contribution in [3.8, 4) is 0 Å². The van der Waals surface area contributed by atoms with Crippen LogP contribution in [0.3, 0.4) is 0 Å². The molecule has 0 bridgehead atoms. The molecule has 0 atom stereocenters. The van der Waals surface area contributed by atoms with Gasteiger partial charge in [0.15, 0.2) is 15.6 Å². The third kappa shape index (κ3) is 6.86. The van der Waals surface area contributed by atoms with Crippen LogP contribution in [-0.4, -0.2) is 38.3 Å². The van der Waals surface area contributed by atoms with Crippen molar-refractivity contribution in [3.63, 3.8) is 0 Å². The second-order valence-electron chi connectivity index (χ2n) is 4.43. The van der Waals surface area contributed by atoms with Crippen LogP contribution in [0.2, 0.25) is 0 Å². The molecule has 0 aliphatic carbocycles. The summed E-state index contributed by atoms with van der Waals surface area (Å²) in [6, 6.07) is 6.87. The monoisotopic (exact) mass is 376 g/mol. The molecule has 1 rings (SSSR count). The van der Waals surface area contributed by atoms with E-state index in [1.807, 2.05) is 0 Å². The van der Waals surface area contributed by atoms with E-state index < -0.39 is 21.6 Å². The molecule has 0 fully saturated rings. The minimum atomic E-state index is -3.52. The van der Waals surface area contributed by atoms with E-state index in [9.17, 15) is 18.0 Å². The first-order valence-corrected chi connectivity index (χ1v) is 9.10. The lowest BCUT2D eigenvalue weighted by Gasteiger charge is -2.04. The SMILES string of the molecule is CCOC(=O)CS(=O)(=O)CCCC(=O)c1ccc(Br)cc1. The Morgan fingerprint density at radius 3 is 2.38 bits per heavy atom. The van der Waals surface area contributed by atoms with Crippen molar-refractivity contribution in [1.82, 2.24) is 0 Å². The predicted molar refractivity (Wildman–Crippen MR) is 83.0 cm³/mol. The van der Waals surface area contributed by atoms with E-state index >= 15 is 0 Å². The first-order chi connectivity index (χ1) is 9.84. The zero-order valence-electron chi connectivity index (χ0n) is 11.7. The number of benzene rings is 1. The van der Waals surface area contributed by atoms with Gasteiger partial charge in [0.25, 0.3) is 0 Å². The molecule has 0 saturated heterocycles. The van der Waals surface area contributed by atoms with Gasteiger partial charge in [0.2, 0.25) is 0 Å². The topological polar surface area (TPSA) is 77.5 Å². The highest BCUT2D eigenvalue weighted by Gasteiger charge is 2.18. The van der Waals surface area contributed by atoms with Crippen molar-refractivity contribution in [2.45, 2.75) is 19.8 Å². The number of hydrogen-bond acceptors (Lipinski definition) is 5. The van der Waals surface area contributed by atoms with Crippen molar-refractivity contribution in [2.75, 3.05) is 18.1 Å². The third-order valence-electron chi connectivity index (χ3n) is 2.67. The maximum atomic E-state index is 11.9. The Labute approximate surface area is 132 Å². The molecule has 0 aliphatic heterocycles. The highest BCUT2D eigenvalue weighted by Crippen LogP contribution is 2.13. The summed E-state index contributed by atoms with van der Waals surface area (Å²) in [7, 11) is -3.52. The average Bonchev–Trinajstić information content (AvgIpc) is 2.38. The molecule has 0 aromatic heterocycles. The molecular weight excluding hydrogens is 360 g/mol. The van der Waals surface area contributed by atoms with Crippen LogP contribution in [0.15, 0.2) is 28.7 Å². The Kier molecular flexibility index (Phi) is 7.04. The summed E-state index contributed by atoms with van der Waals surface area (Å²) >= 11 is 3.27. The summed E-state index contributed by atoms with van der Waals surface area (Å²) in [4.78, 5) is 23.0. The van der Waals surface area contributed by atoms with Gasteiger partial charge in [-0.05, 0) is 25.5 Å². The third-order valence-corrected chi connectivity index (χ3v) is 4.78. The van der Waals surface area contributed by atoms with Crippen LogP contribution >= 0.6 is 15.9 Å². The van der Waals surface area contributed by atoms with Crippen LogP contribution in [0.4, 0.5) is 0 Å². The van der Waals surface area contributed by atoms with Crippen LogP contribution in [-0.2, 0) is 19.4 Å². The van der Waals surface area contributed by atoms with E-state index in [0.29, 0.717) is 5.56 Å². The maximum Gasteiger partial charge on any atom is 0.321 e. The average molecular weight is 377 g/mol. The molecule has 1 aromatic rings. The van der Waals surface area contributed by atoms with Gasteiger partial charge >= 0.3 is 5.97 Å². The van der Waals surface area contributed by atoms with Crippen LogP contribution < -0.4 is 0 Å². The maximum absolute atomic E-state index is 11.9. The molecular formula is C14H17BrO5S. The highest BCUT2D eigenvalue weighted by molar-refractivity contribution is 9.10. The zero-order valence-corrected chi connectivity index (χ0v) is 14.1. The van der Waals surface area contributed by atoms with Crippen molar-refractivity contribution in [3.05, 3.63) is 34.3 Å². The van der Waals surface area contributed by atoms with Gasteiger partial charge in [0.05, 0.1) is 12.4 Å². The normalized spacial score (nSPS) is 11.1. The van der Waals surface area contributed by atoms with Gasteiger partial charge < -0.3 is 4.74 Å². The summed E-state index contributed by atoms with van der Waals surface area (Å²) in [6.07, 6.45) is 0.320. The molecule has 0 N–H and O–H groups in total. The zero-order chi connectivity index (χ0) is 15.9. The number of carbonyl (C=O) groups is 2. The summed E-state index contributed by atoms with van der Waals surface area (Å²) in [5, 5.41) is 0. The first kappa shape index (κ1) is 17.8. The van der Waals surface area contributed by atoms with Gasteiger partial charge in [-0.3, -0.25) is 9.59 Å². The molecule has 0 heterocycles. The van der Waals surface area contributed by atoms with Crippen LogP contribution in [0, 0.1) is 0 Å². The number of ketones is 1. The second kappa shape index (κ2) is 8.29. The van der Waals surface area contributed by atoms with Crippen molar-refractivity contribution in [2.24, 2.45) is 0 Å². The fourth-order valence-electron chi connectivity index (χ4n) is 1.69. The van der Waals surface area contributed by atoms with Crippen molar-refractivity contribution in [1.29, 1.82) is 0 Å². The predicted octanol–water partition coefficient (Wildman–Crippen LogP) is 2.39. The molecule has 0 spiro atoms. The number of Topliss-reactive ketones (excluding diaryl/α,β-unsaturated/α-hetero) is 1. The second-order valence-corrected chi connectivity index (χ2v) is 7.53. The number of hydrogen-bond donors (Lipinski definition) is 0. The number of sulfone groups is 1. The minimum Gasteiger partial charge on any atom is -0.465 e. The van der Waals surface area contributed by atoms with Crippen LogP contribution in [0.5, 0.6) is 0 Å². The summed E-state index contributed by atoms with van der Waals surface area (Å²) in [5.74, 6) is -1.70. The van der Waals surface area contributed by atoms with E-state index in [2.05, 4.69) is 20.7 Å². The largest absolute Gasteiger partial charge is 0.465 e. The Hall–Kier alpha value is -1.21. The summed E-state index contributed by atoms with van der Waals surface area (Å²) < 4.78 is 28.8. The molecule has 0 saturated carbocycles. The lowest BCUT2D eigenvalue weighted by Crippen LogP contribution is -2.21. The van der Waals surface area contributed by atoms with Gasteiger partial charge in [-0.1, -0.05) is 28.1 Å². The van der Waals surface area contributed by atoms with Gasteiger partial charge in [0.1, 0.15) is 5.75 Å². The summed E-state index contributed by atoms with van der Waals surface area (Å²) in [5.41, 5.74) is 0.543. The standard InChI is InChI=1S/C14H17BrO5S/c1-2-20-14(17)10-21(18,19)9-3-4-13(16)11-5-7-12(15)8-6-11/h5-8H,2-4,9-10H2,1H3. The number of esters is 1. The van der Waals surface area contributed by atoms with Crippen LogP contribution in [0.1, 0.15) is 30.1 Å². The number of carbonyl (C=O) groups excluding carboxylic acids is 2. The van der Waals surface area contributed by atoms with E-state index in [1.165, 1.54) is 0 Å². The number of halogens is 1. The molecule has 5 nitrogen and oxygen atoms in total. The van der Waals surface area contributed by atoms with Gasteiger partial charge in [0, 0.05) is 16.5 Å². The molecule has 1 aromatic carbocycles. The number of rotatable bonds is 8. The van der Waals surface area contributed by atoms with Gasteiger partial charge in [-0.25, -0.2) is 8.42 Å². The lowest BCUT2D eigenvalue weighted by molar-refractivity contribution is -0.139. The smallest absolute Gasteiger partial charge is 0.321 e. The van der Waals surface area contributed by atoms with Gasteiger partial charge in [-0.15, -0.1) is 0 Å². The quantitative estimate of drug-likeness (QED) is 0.514. The fraction of sp³-hybridized carbons (Fsp3) is 0.429.